The second kappa shape index (κ2) is 5.77. The van der Waals surface area contributed by atoms with Crippen LogP contribution in [0, 0.1) is 5.92 Å². The predicted molar refractivity (Wildman–Crippen MR) is 63.3 cm³/mol. The zero-order chi connectivity index (χ0) is 14.7. The molecular formula is C12H23NO5. The molecule has 0 aromatic carbocycles. The third-order valence-corrected chi connectivity index (χ3v) is 2.53. The number of carboxylic acids is 1. The Morgan fingerprint density at radius 2 is 1.72 bits per heavy atom. The molecule has 0 amide bonds. The van der Waals surface area contributed by atoms with Crippen LogP contribution in [-0.2, 0) is 9.59 Å². The van der Waals surface area contributed by atoms with E-state index in [1.54, 1.807) is 35.0 Å². The van der Waals surface area contributed by atoms with Crippen LogP contribution in [0.25, 0.3) is 0 Å². The molecule has 0 bridgehead atoms. The highest BCUT2D eigenvalue weighted by Gasteiger charge is 2.44. The van der Waals surface area contributed by atoms with Gasteiger partial charge in [0.25, 0.3) is 0 Å². The van der Waals surface area contributed by atoms with Gasteiger partial charge in [-0.2, -0.15) is 0 Å². The highest BCUT2D eigenvalue weighted by Crippen LogP contribution is 2.20. The summed E-state index contributed by atoms with van der Waals surface area (Å²) in [6.07, 6.45) is -2.20. The van der Waals surface area contributed by atoms with Crippen LogP contribution in [0.4, 0.5) is 0 Å². The first-order valence-corrected chi connectivity index (χ1v) is 5.84. The summed E-state index contributed by atoms with van der Waals surface area (Å²) in [5.74, 6) is -2.77. The van der Waals surface area contributed by atoms with Gasteiger partial charge in [0, 0.05) is 12.4 Å². The van der Waals surface area contributed by atoms with E-state index >= 15 is 0 Å². The molecule has 0 radical (unpaired) electrons. The summed E-state index contributed by atoms with van der Waals surface area (Å²) in [7, 11) is 5.15. The molecule has 6 nitrogen and oxygen atoms in total. The SMILES string of the molecule is CC(C)C(O)C(=O)C(O)(CC(=O)[O-])C[N+](C)(C)C. The van der Waals surface area contributed by atoms with E-state index in [1.165, 1.54) is 0 Å². The van der Waals surface area contributed by atoms with Crippen LogP contribution in [0.1, 0.15) is 20.3 Å². The van der Waals surface area contributed by atoms with Crippen molar-refractivity contribution in [1.29, 1.82) is 0 Å². The van der Waals surface area contributed by atoms with E-state index in [1.807, 2.05) is 0 Å². The summed E-state index contributed by atoms with van der Waals surface area (Å²) in [4.78, 5) is 22.7. The quantitative estimate of drug-likeness (QED) is 0.524. The van der Waals surface area contributed by atoms with Gasteiger partial charge in [0.1, 0.15) is 12.6 Å². The number of quaternary nitrogens is 1. The average molecular weight is 261 g/mol. The van der Waals surface area contributed by atoms with E-state index in [2.05, 4.69) is 0 Å². The number of hydrogen-bond acceptors (Lipinski definition) is 5. The molecule has 0 heterocycles. The molecule has 2 N–H and O–H groups in total. The molecule has 0 aliphatic heterocycles. The highest BCUT2D eigenvalue weighted by molar-refractivity contribution is 5.94. The molecule has 0 aromatic rings. The number of aliphatic hydroxyl groups is 2. The molecule has 0 saturated heterocycles. The number of carbonyl (C=O) groups is 2. The van der Waals surface area contributed by atoms with Crippen molar-refractivity contribution >= 4 is 11.8 Å². The molecule has 6 heteroatoms. The third kappa shape index (κ3) is 5.12. The van der Waals surface area contributed by atoms with Crippen LogP contribution in [0.5, 0.6) is 0 Å². The fourth-order valence-corrected chi connectivity index (χ4v) is 1.82. The van der Waals surface area contributed by atoms with Gasteiger partial charge in [-0.25, -0.2) is 0 Å². The van der Waals surface area contributed by atoms with Gasteiger partial charge in [0.2, 0.25) is 0 Å². The summed E-state index contributed by atoms with van der Waals surface area (Å²) in [6, 6.07) is 0. The maximum Gasteiger partial charge on any atom is 0.199 e. The average Bonchev–Trinajstić information content (AvgIpc) is 2.10. The van der Waals surface area contributed by atoms with Crippen molar-refractivity contribution in [3.8, 4) is 0 Å². The molecule has 0 aromatic heterocycles. The topological polar surface area (TPSA) is 97.7 Å². The summed E-state index contributed by atoms with van der Waals surface area (Å²) in [5, 5.41) is 30.7. The number of Topliss-reactive ketones (excluding diaryl/α,β-unsaturated/α-hetero) is 1. The van der Waals surface area contributed by atoms with Gasteiger partial charge in [-0.3, -0.25) is 4.79 Å². The Kier molecular flexibility index (Phi) is 5.46. The Morgan fingerprint density at radius 1 is 1.28 bits per heavy atom. The number of nitrogens with zero attached hydrogens (tertiary/aromatic N) is 1. The van der Waals surface area contributed by atoms with Crippen molar-refractivity contribution in [3.05, 3.63) is 0 Å². The lowest BCUT2D eigenvalue weighted by Gasteiger charge is -2.36. The smallest absolute Gasteiger partial charge is 0.199 e. The fraction of sp³-hybridized carbons (Fsp3) is 0.833. The van der Waals surface area contributed by atoms with Crippen LogP contribution in [0.3, 0.4) is 0 Å². The van der Waals surface area contributed by atoms with Crippen molar-refractivity contribution in [2.45, 2.75) is 32.0 Å². The standard InChI is InChI=1S/C12H23NO5/c1-8(2)10(16)11(17)12(18,6-9(14)15)7-13(3,4)5/h8,10,16,18H,6-7H2,1-5H3. The Labute approximate surface area is 107 Å². The number of carboxylic acid groups (broad SMARTS) is 1. The number of likely N-dealkylation sites (N-methyl/N-ethyl adjacent to an activating group) is 1. The number of carbonyl (C=O) groups excluding carboxylic acids is 2. The van der Waals surface area contributed by atoms with Crippen molar-refractivity contribution < 1.29 is 29.4 Å². The first-order valence-electron chi connectivity index (χ1n) is 5.84. The Morgan fingerprint density at radius 3 is 2.00 bits per heavy atom. The van der Waals surface area contributed by atoms with Crippen LogP contribution in [0.2, 0.25) is 0 Å². The van der Waals surface area contributed by atoms with Crippen molar-refractivity contribution in [2.24, 2.45) is 5.92 Å². The summed E-state index contributed by atoms with van der Waals surface area (Å²) >= 11 is 0. The molecule has 2 atom stereocenters. The maximum absolute atomic E-state index is 12.0. The highest BCUT2D eigenvalue weighted by atomic mass is 16.4. The second-order valence-corrected chi connectivity index (χ2v) is 6.08. The summed E-state index contributed by atoms with van der Waals surface area (Å²) in [6.45, 7) is 3.13. The monoisotopic (exact) mass is 261 g/mol. The molecule has 0 rings (SSSR count). The molecule has 18 heavy (non-hydrogen) atoms. The normalized spacial score (nSPS) is 17.3. The van der Waals surface area contributed by atoms with E-state index < -0.39 is 35.8 Å². The first kappa shape index (κ1) is 17.0. The molecule has 0 saturated carbocycles. The summed E-state index contributed by atoms with van der Waals surface area (Å²) in [5.41, 5.74) is -2.11. The van der Waals surface area contributed by atoms with Crippen LogP contribution in [-0.4, -0.2) is 65.8 Å². The third-order valence-electron chi connectivity index (χ3n) is 2.53. The largest absolute Gasteiger partial charge is 0.550 e. The van der Waals surface area contributed by atoms with E-state index in [0.717, 1.165) is 0 Å². The van der Waals surface area contributed by atoms with Gasteiger partial charge in [0.05, 0.1) is 21.1 Å². The number of hydrogen-bond donors (Lipinski definition) is 2. The minimum atomic E-state index is -2.11. The predicted octanol–water partition coefficient (Wildman–Crippen LogP) is -1.85. The van der Waals surface area contributed by atoms with E-state index in [9.17, 15) is 24.9 Å². The van der Waals surface area contributed by atoms with E-state index in [0.29, 0.717) is 0 Å². The van der Waals surface area contributed by atoms with Crippen molar-refractivity contribution in [2.75, 3.05) is 27.7 Å². The first-order chi connectivity index (χ1) is 7.89. The fourth-order valence-electron chi connectivity index (χ4n) is 1.82. The lowest BCUT2D eigenvalue weighted by atomic mass is 9.86. The second-order valence-electron chi connectivity index (χ2n) is 6.08. The van der Waals surface area contributed by atoms with Gasteiger partial charge in [-0.1, -0.05) is 13.8 Å². The molecule has 0 aliphatic carbocycles. The van der Waals surface area contributed by atoms with Gasteiger partial charge in [-0.15, -0.1) is 0 Å². The van der Waals surface area contributed by atoms with Crippen LogP contribution in [0.15, 0.2) is 0 Å². The summed E-state index contributed by atoms with van der Waals surface area (Å²) < 4.78 is 0.195. The van der Waals surface area contributed by atoms with Crippen LogP contribution >= 0.6 is 0 Å². The van der Waals surface area contributed by atoms with Crippen LogP contribution < -0.4 is 5.11 Å². The molecule has 0 fully saturated rings. The molecule has 106 valence electrons. The van der Waals surface area contributed by atoms with Crippen molar-refractivity contribution in [3.63, 3.8) is 0 Å². The van der Waals surface area contributed by atoms with Crippen molar-refractivity contribution in [1.82, 2.24) is 0 Å². The number of aliphatic hydroxyl groups excluding tert-OH is 1. The molecule has 2 unspecified atom stereocenters. The molecule has 0 spiro atoms. The lowest BCUT2D eigenvalue weighted by molar-refractivity contribution is -0.875. The van der Waals surface area contributed by atoms with Gasteiger partial charge in [-0.05, 0) is 5.92 Å². The molecule has 0 aliphatic rings. The van der Waals surface area contributed by atoms with Gasteiger partial charge in [0.15, 0.2) is 11.4 Å². The van der Waals surface area contributed by atoms with E-state index in [-0.39, 0.29) is 11.0 Å². The molecular weight excluding hydrogens is 238 g/mol. The number of ketones is 1. The van der Waals surface area contributed by atoms with Gasteiger partial charge < -0.3 is 24.6 Å². The van der Waals surface area contributed by atoms with Gasteiger partial charge >= 0.3 is 0 Å². The Balaban J connectivity index is 5.21. The zero-order valence-electron chi connectivity index (χ0n) is 11.6. The minimum absolute atomic E-state index is 0.108. The zero-order valence-corrected chi connectivity index (χ0v) is 11.6. The lowest BCUT2D eigenvalue weighted by Crippen LogP contribution is -2.59. The Hall–Kier alpha value is -0.980. The maximum atomic E-state index is 12.0. The number of rotatable bonds is 7. The Bertz CT molecular complexity index is 321. The number of aliphatic carboxylic acids is 1. The van der Waals surface area contributed by atoms with E-state index in [4.69, 9.17) is 0 Å². The minimum Gasteiger partial charge on any atom is -0.550 e.